The average Bonchev–Trinajstić information content (AvgIpc) is 2.68. The Hall–Kier alpha value is -3.09. The van der Waals surface area contributed by atoms with Gasteiger partial charge in [-0.25, -0.2) is 4.39 Å². The van der Waals surface area contributed by atoms with Crippen LogP contribution < -0.4 is 15.5 Å². The van der Waals surface area contributed by atoms with Crippen LogP contribution in [0.2, 0.25) is 0 Å². The fraction of sp³-hybridized carbons (Fsp3) is 0.333. The van der Waals surface area contributed by atoms with Gasteiger partial charge < -0.3 is 20.4 Å². The molecule has 0 atom stereocenters. The van der Waals surface area contributed by atoms with Gasteiger partial charge in [-0.05, 0) is 30.3 Å². The second kappa shape index (κ2) is 9.21. The molecule has 1 heterocycles. The molecular formula is C21H25FN4O2. The number of carbonyl (C=O) groups is 2. The molecule has 0 spiro atoms. The highest BCUT2D eigenvalue weighted by atomic mass is 19.1. The minimum Gasteiger partial charge on any atom is -0.384 e. The summed E-state index contributed by atoms with van der Waals surface area (Å²) in [5, 5.41) is 5.94. The highest BCUT2D eigenvalue weighted by Gasteiger charge is 2.22. The van der Waals surface area contributed by atoms with Crippen LogP contribution in [-0.4, -0.2) is 49.4 Å². The van der Waals surface area contributed by atoms with Gasteiger partial charge in [0.1, 0.15) is 5.82 Å². The Morgan fingerprint density at radius 1 is 1.00 bits per heavy atom. The van der Waals surface area contributed by atoms with E-state index in [4.69, 9.17) is 0 Å². The topological polar surface area (TPSA) is 64.7 Å². The number of halogens is 1. The monoisotopic (exact) mass is 384 g/mol. The molecule has 1 aliphatic heterocycles. The first-order chi connectivity index (χ1) is 13.5. The molecule has 6 nitrogen and oxygen atoms in total. The fourth-order valence-corrected chi connectivity index (χ4v) is 3.29. The predicted octanol–water partition coefficient (Wildman–Crippen LogP) is 2.93. The molecule has 3 rings (SSSR count). The first-order valence-electron chi connectivity index (χ1n) is 9.42. The lowest BCUT2D eigenvalue weighted by Crippen LogP contribution is -2.49. The van der Waals surface area contributed by atoms with E-state index in [1.54, 1.807) is 12.1 Å². The van der Waals surface area contributed by atoms with Crippen LogP contribution in [-0.2, 0) is 9.59 Å². The van der Waals surface area contributed by atoms with E-state index in [1.165, 1.54) is 13.0 Å². The van der Waals surface area contributed by atoms with Gasteiger partial charge in [-0.3, -0.25) is 9.59 Å². The summed E-state index contributed by atoms with van der Waals surface area (Å²) in [6.07, 6.45) is 0.379. The van der Waals surface area contributed by atoms with E-state index in [1.807, 2.05) is 40.1 Å². The van der Waals surface area contributed by atoms with Crippen LogP contribution >= 0.6 is 0 Å². The van der Waals surface area contributed by atoms with Crippen LogP contribution in [0.1, 0.15) is 13.3 Å². The number of benzene rings is 2. The van der Waals surface area contributed by atoms with Crippen LogP contribution in [0.25, 0.3) is 0 Å². The zero-order valence-electron chi connectivity index (χ0n) is 16.0. The molecule has 0 bridgehead atoms. The SMILES string of the molecule is CC(=O)Nc1cccc(NCCC(=O)N2CCN(c3ccccc3F)CC2)c1. The molecule has 148 valence electrons. The van der Waals surface area contributed by atoms with Crippen LogP contribution in [0, 0.1) is 5.82 Å². The van der Waals surface area contributed by atoms with E-state index in [2.05, 4.69) is 10.6 Å². The quantitative estimate of drug-likeness (QED) is 0.804. The molecule has 7 heteroatoms. The Morgan fingerprint density at radius 3 is 2.43 bits per heavy atom. The summed E-state index contributed by atoms with van der Waals surface area (Å²) in [5.41, 5.74) is 2.16. The Labute approximate surface area is 164 Å². The Morgan fingerprint density at radius 2 is 1.71 bits per heavy atom. The number of rotatable bonds is 6. The number of carbonyl (C=O) groups excluding carboxylic acids is 2. The summed E-state index contributed by atoms with van der Waals surface area (Å²) in [5.74, 6) is -0.270. The normalized spacial score (nSPS) is 13.9. The lowest BCUT2D eigenvalue weighted by Gasteiger charge is -2.36. The maximum absolute atomic E-state index is 13.9. The Kier molecular flexibility index (Phi) is 6.47. The van der Waals surface area contributed by atoms with Crippen molar-refractivity contribution < 1.29 is 14.0 Å². The third-order valence-electron chi connectivity index (χ3n) is 4.68. The van der Waals surface area contributed by atoms with Crippen molar-refractivity contribution in [1.29, 1.82) is 0 Å². The number of nitrogens with one attached hydrogen (secondary N) is 2. The van der Waals surface area contributed by atoms with E-state index in [0.29, 0.717) is 50.5 Å². The molecule has 0 aliphatic carbocycles. The number of anilines is 3. The number of piperazine rings is 1. The van der Waals surface area contributed by atoms with Crippen molar-refractivity contribution in [2.45, 2.75) is 13.3 Å². The number of hydrogen-bond acceptors (Lipinski definition) is 4. The van der Waals surface area contributed by atoms with E-state index < -0.39 is 0 Å². The van der Waals surface area contributed by atoms with Crippen molar-refractivity contribution in [1.82, 2.24) is 4.90 Å². The van der Waals surface area contributed by atoms with E-state index in [-0.39, 0.29) is 17.6 Å². The highest BCUT2D eigenvalue weighted by Crippen LogP contribution is 2.20. The van der Waals surface area contributed by atoms with Gasteiger partial charge in [-0.2, -0.15) is 0 Å². The molecule has 0 saturated carbocycles. The molecule has 2 aromatic carbocycles. The van der Waals surface area contributed by atoms with Crippen LogP contribution in [0.5, 0.6) is 0 Å². The molecule has 1 aliphatic rings. The van der Waals surface area contributed by atoms with Gasteiger partial charge in [0.25, 0.3) is 0 Å². The van der Waals surface area contributed by atoms with Gasteiger partial charge in [0, 0.05) is 57.4 Å². The van der Waals surface area contributed by atoms with Crippen LogP contribution in [0.15, 0.2) is 48.5 Å². The largest absolute Gasteiger partial charge is 0.384 e. The Balaban J connectivity index is 1.44. The van der Waals surface area contributed by atoms with Crippen molar-refractivity contribution in [3.63, 3.8) is 0 Å². The van der Waals surface area contributed by atoms with Crippen LogP contribution in [0.3, 0.4) is 0 Å². The van der Waals surface area contributed by atoms with Crippen molar-refractivity contribution in [2.75, 3.05) is 48.3 Å². The first kappa shape index (κ1) is 19.7. The summed E-state index contributed by atoms with van der Waals surface area (Å²) < 4.78 is 13.9. The molecule has 0 radical (unpaired) electrons. The summed E-state index contributed by atoms with van der Waals surface area (Å²) in [6, 6.07) is 14.1. The van der Waals surface area contributed by atoms with E-state index >= 15 is 0 Å². The molecule has 2 amide bonds. The third kappa shape index (κ3) is 5.22. The van der Waals surface area contributed by atoms with Crippen molar-refractivity contribution in [3.8, 4) is 0 Å². The van der Waals surface area contributed by atoms with Crippen molar-refractivity contribution >= 4 is 28.9 Å². The smallest absolute Gasteiger partial charge is 0.224 e. The predicted molar refractivity (Wildman–Crippen MR) is 109 cm³/mol. The maximum Gasteiger partial charge on any atom is 0.224 e. The van der Waals surface area contributed by atoms with Gasteiger partial charge >= 0.3 is 0 Å². The molecule has 2 N–H and O–H groups in total. The van der Waals surface area contributed by atoms with Crippen LogP contribution in [0.4, 0.5) is 21.5 Å². The molecular weight excluding hydrogens is 359 g/mol. The first-order valence-corrected chi connectivity index (χ1v) is 9.42. The fourth-order valence-electron chi connectivity index (χ4n) is 3.29. The number of para-hydroxylation sites is 1. The minimum absolute atomic E-state index is 0.0821. The van der Waals surface area contributed by atoms with Gasteiger partial charge in [0.15, 0.2) is 0 Å². The summed E-state index contributed by atoms with van der Waals surface area (Å²) in [6.45, 7) is 4.40. The van der Waals surface area contributed by atoms with Gasteiger partial charge in [0.05, 0.1) is 5.69 Å². The number of hydrogen-bond donors (Lipinski definition) is 2. The standard InChI is InChI=1S/C21H25FN4O2/c1-16(27)24-18-6-4-5-17(15-18)23-10-9-21(28)26-13-11-25(12-14-26)20-8-3-2-7-19(20)22/h2-8,15,23H,9-14H2,1H3,(H,24,27). The summed E-state index contributed by atoms with van der Waals surface area (Å²) >= 11 is 0. The highest BCUT2D eigenvalue weighted by molar-refractivity contribution is 5.89. The third-order valence-corrected chi connectivity index (χ3v) is 4.68. The minimum atomic E-state index is -0.229. The van der Waals surface area contributed by atoms with Gasteiger partial charge in [-0.1, -0.05) is 18.2 Å². The van der Waals surface area contributed by atoms with Crippen molar-refractivity contribution in [3.05, 3.63) is 54.3 Å². The van der Waals surface area contributed by atoms with Gasteiger partial charge in [0.2, 0.25) is 11.8 Å². The van der Waals surface area contributed by atoms with Gasteiger partial charge in [-0.15, -0.1) is 0 Å². The second-order valence-electron chi connectivity index (χ2n) is 6.76. The Bertz CT molecular complexity index is 835. The molecule has 2 aromatic rings. The number of amides is 2. The average molecular weight is 384 g/mol. The number of nitrogens with zero attached hydrogens (tertiary/aromatic N) is 2. The zero-order chi connectivity index (χ0) is 19.9. The van der Waals surface area contributed by atoms with Crippen molar-refractivity contribution in [2.24, 2.45) is 0 Å². The zero-order valence-corrected chi connectivity index (χ0v) is 16.0. The van der Waals surface area contributed by atoms with E-state index in [0.717, 1.165) is 5.69 Å². The molecule has 0 aromatic heterocycles. The second-order valence-corrected chi connectivity index (χ2v) is 6.76. The summed E-state index contributed by atoms with van der Waals surface area (Å²) in [7, 11) is 0. The molecule has 1 fully saturated rings. The molecule has 1 saturated heterocycles. The van der Waals surface area contributed by atoms with E-state index in [9.17, 15) is 14.0 Å². The molecule has 0 unspecified atom stereocenters. The lowest BCUT2D eigenvalue weighted by atomic mass is 10.2. The summed E-state index contributed by atoms with van der Waals surface area (Å²) in [4.78, 5) is 27.4. The molecule has 28 heavy (non-hydrogen) atoms. The maximum atomic E-state index is 13.9. The lowest BCUT2D eigenvalue weighted by molar-refractivity contribution is -0.131.